The fraction of sp³-hybridized carbons (Fsp3) is 0.286. The first-order chi connectivity index (χ1) is 14.0. The second-order valence-corrected chi connectivity index (χ2v) is 7.35. The minimum Gasteiger partial charge on any atom is -0.378 e. The number of hydrogen-bond acceptors (Lipinski definition) is 5. The zero-order valence-corrected chi connectivity index (χ0v) is 17.6. The third-order valence-corrected chi connectivity index (χ3v) is 4.81. The highest BCUT2D eigenvalue weighted by Crippen LogP contribution is 2.24. The van der Waals surface area contributed by atoms with Crippen molar-refractivity contribution in [2.24, 2.45) is 0 Å². The zero-order valence-electron chi connectivity index (χ0n) is 16.8. The van der Waals surface area contributed by atoms with Crippen LogP contribution >= 0.6 is 11.6 Å². The van der Waals surface area contributed by atoms with E-state index in [0.717, 1.165) is 17.8 Å². The number of amides is 1. The van der Waals surface area contributed by atoms with Gasteiger partial charge in [0.1, 0.15) is 12.7 Å². The zero-order chi connectivity index (χ0) is 20.8. The van der Waals surface area contributed by atoms with Crippen molar-refractivity contribution in [2.75, 3.05) is 37.4 Å². The lowest BCUT2D eigenvalue weighted by Crippen LogP contribution is -2.33. The van der Waals surface area contributed by atoms with Gasteiger partial charge in [0.15, 0.2) is 0 Å². The standard InChI is InChI=1S/C21H25ClN6O/c1-4-27(12-16-5-8-18(9-6-16)26(2)3)13-21(29)25-19-11-17(22)7-10-20(19)28-15-23-14-24-28/h5-11,14-15H,4,12-13H2,1-3H3,(H,25,29). The number of nitrogens with one attached hydrogen (secondary N) is 1. The largest absolute Gasteiger partial charge is 0.378 e. The molecule has 8 heteroatoms. The van der Waals surface area contributed by atoms with Crippen molar-refractivity contribution in [3.05, 3.63) is 65.7 Å². The van der Waals surface area contributed by atoms with Gasteiger partial charge in [-0.25, -0.2) is 9.67 Å². The molecule has 0 radical (unpaired) electrons. The number of nitrogens with zero attached hydrogens (tertiary/aromatic N) is 5. The Balaban J connectivity index is 1.67. The topological polar surface area (TPSA) is 66.3 Å². The van der Waals surface area contributed by atoms with E-state index in [0.29, 0.717) is 22.9 Å². The normalized spacial score (nSPS) is 10.9. The second kappa shape index (κ2) is 9.54. The maximum absolute atomic E-state index is 12.7. The highest BCUT2D eigenvalue weighted by atomic mass is 35.5. The predicted octanol–water partition coefficient (Wildman–Crippen LogP) is 3.45. The Morgan fingerprint density at radius 3 is 2.55 bits per heavy atom. The lowest BCUT2D eigenvalue weighted by molar-refractivity contribution is -0.117. The van der Waals surface area contributed by atoms with Gasteiger partial charge >= 0.3 is 0 Å². The van der Waals surface area contributed by atoms with Crippen LogP contribution in [0.3, 0.4) is 0 Å². The molecular weight excluding hydrogens is 388 g/mol. The lowest BCUT2D eigenvalue weighted by atomic mass is 10.2. The summed E-state index contributed by atoms with van der Waals surface area (Å²) in [7, 11) is 4.03. The molecule has 0 fully saturated rings. The summed E-state index contributed by atoms with van der Waals surface area (Å²) >= 11 is 6.13. The molecule has 0 saturated heterocycles. The Bertz CT molecular complexity index is 940. The van der Waals surface area contributed by atoms with E-state index in [1.807, 2.05) is 21.0 Å². The summed E-state index contributed by atoms with van der Waals surface area (Å²) in [6.45, 7) is 3.77. The summed E-state index contributed by atoms with van der Waals surface area (Å²) in [5.41, 5.74) is 3.62. The Hall–Kier alpha value is -2.90. The third-order valence-electron chi connectivity index (χ3n) is 4.57. The van der Waals surface area contributed by atoms with Crippen LogP contribution in [0.25, 0.3) is 5.69 Å². The Morgan fingerprint density at radius 1 is 1.17 bits per heavy atom. The van der Waals surface area contributed by atoms with Gasteiger partial charge in [0.25, 0.3) is 0 Å². The summed E-state index contributed by atoms with van der Waals surface area (Å²) in [4.78, 5) is 20.8. The van der Waals surface area contributed by atoms with Crippen LogP contribution in [-0.2, 0) is 11.3 Å². The minimum atomic E-state index is -0.111. The van der Waals surface area contributed by atoms with Crippen LogP contribution in [-0.4, -0.2) is 52.8 Å². The fourth-order valence-electron chi connectivity index (χ4n) is 2.97. The number of anilines is 2. The number of rotatable bonds is 8. The number of carbonyl (C=O) groups is 1. The van der Waals surface area contributed by atoms with Crippen molar-refractivity contribution >= 4 is 28.9 Å². The molecule has 0 atom stereocenters. The number of aromatic nitrogens is 3. The number of likely N-dealkylation sites (N-methyl/N-ethyl adjacent to an activating group) is 1. The van der Waals surface area contributed by atoms with E-state index in [1.165, 1.54) is 6.33 Å². The molecule has 1 heterocycles. The van der Waals surface area contributed by atoms with E-state index in [4.69, 9.17) is 11.6 Å². The van der Waals surface area contributed by atoms with Crippen LogP contribution in [0, 0.1) is 0 Å². The molecule has 0 aliphatic carbocycles. The van der Waals surface area contributed by atoms with Gasteiger partial charge in [-0.2, -0.15) is 5.10 Å². The van der Waals surface area contributed by atoms with Gasteiger partial charge in [0.2, 0.25) is 5.91 Å². The number of carbonyl (C=O) groups excluding carboxylic acids is 1. The van der Waals surface area contributed by atoms with Gasteiger partial charge in [-0.1, -0.05) is 30.7 Å². The van der Waals surface area contributed by atoms with Gasteiger partial charge in [0.05, 0.1) is 17.9 Å². The molecule has 3 rings (SSSR count). The molecule has 0 aliphatic rings. The monoisotopic (exact) mass is 412 g/mol. The third kappa shape index (κ3) is 5.56. The van der Waals surface area contributed by atoms with Crippen LogP contribution in [0.2, 0.25) is 5.02 Å². The molecular formula is C21H25ClN6O. The fourth-order valence-corrected chi connectivity index (χ4v) is 3.14. The minimum absolute atomic E-state index is 0.111. The van der Waals surface area contributed by atoms with E-state index < -0.39 is 0 Å². The van der Waals surface area contributed by atoms with E-state index in [2.05, 4.69) is 49.5 Å². The molecule has 0 aliphatic heterocycles. The average Bonchev–Trinajstić information content (AvgIpc) is 3.22. The Kier molecular flexibility index (Phi) is 6.85. The molecule has 1 aromatic heterocycles. The van der Waals surface area contributed by atoms with Crippen LogP contribution in [0.15, 0.2) is 55.1 Å². The summed E-state index contributed by atoms with van der Waals surface area (Å²) in [6.07, 6.45) is 3.02. The van der Waals surface area contributed by atoms with E-state index in [1.54, 1.807) is 29.2 Å². The maximum Gasteiger partial charge on any atom is 0.238 e. The van der Waals surface area contributed by atoms with Gasteiger partial charge < -0.3 is 10.2 Å². The predicted molar refractivity (Wildman–Crippen MR) is 117 cm³/mol. The van der Waals surface area contributed by atoms with Gasteiger partial charge in [0, 0.05) is 31.4 Å². The molecule has 29 heavy (non-hydrogen) atoms. The van der Waals surface area contributed by atoms with Crippen LogP contribution in [0.4, 0.5) is 11.4 Å². The quantitative estimate of drug-likeness (QED) is 0.613. The number of halogens is 1. The first kappa shape index (κ1) is 20.8. The maximum atomic E-state index is 12.7. The molecule has 3 aromatic rings. The lowest BCUT2D eigenvalue weighted by Gasteiger charge is -2.21. The summed E-state index contributed by atoms with van der Waals surface area (Å²) in [6, 6.07) is 13.6. The van der Waals surface area contributed by atoms with E-state index in [-0.39, 0.29) is 12.5 Å². The van der Waals surface area contributed by atoms with Crippen LogP contribution < -0.4 is 10.2 Å². The summed E-state index contributed by atoms with van der Waals surface area (Å²) in [5.74, 6) is -0.111. The van der Waals surface area contributed by atoms with Crippen molar-refractivity contribution in [3.8, 4) is 5.69 Å². The van der Waals surface area contributed by atoms with Gasteiger partial charge in [-0.3, -0.25) is 9.69 Å². The molecule has 152 valence electrons. The molecule has 7 nitrogen and oxygen atoms in total. The van der Waals surface area contributed by atoms with Crippen LogP contribution in [0.1, 0.15) is 12.5 Å². The highest BCUT2D eigenvalue weighted by molar-refractivity contribution is 6.31. The van der Waals surface area contributed by atoms with Crippen molar-refractivity contribution in [3.63, 3.8) is 0 Å². The van der Waals surface area contributed by atoms with Crippen molar-refractivity contribution < 1.29 is 4.79 Å². The van der Waals surface area contributed by atoms with E-state index >= 15 is 0 Å². The SMILES string of the molecule is CCN(CC(=O)Nc1cc(Cl)ccc1-n1cncn1)Cc1ccc(N(C)C)cc1. The molecule has 2 aromatic carbocycles. The Morgan fingerprint density at radius 2 is 1.93 bits per heavy atom. The smallest absolute Gasteiger partial charge is 0.238 e. The van der Waals surface area contributed by atoms with Crippen molar-refractivity contribution in [1.82, 2.24) is 19.7 Å². The average molecular weight is 413 g/mol. The molecule has 0 saturated carbocycles. The Labute approximate surface area is 175 Å². The molecule has 1 N–H and O–H groups in total. The van der Waals surface area contributed by atoms with Crippen molar-refractivity contribution in [2.45, 2.75) is 13.5 Å². The summed E-state index contributed by atoms with van der Waals surface area (Å²) in [5, 5.41) is 7.63. The molecule has 0 bridgehead atoms. The van der Waals surface area contributed by atoms with Gasteiger partial charge in [-0.15, -0.1) is 0 Å². The first-order valence-corrected chi connectivity index (χ1v) is 9.77. The molecule has 1 amide bonds. The molecule has 0 unspecified atom stereocenters. The van der Waals surface area contributed by atoms with Crippen LogP contribution in [0.5, 0.6) is 0 Å². The molecule has 0 spiro atoms. The second-order valence-electron chi connectivity index (χ2n) is 6.91. The van der Waals surface area contributed by atoms with E-state index in [9.17, 15) is 4.79 Å². The summed E-state index contributed by atoms with van der Waals surface area (Å²) < 4.78 is 1.59. The number of benzene rings is 2. The van der Waals surface area contributed by atoms with Crippen molar-refractivity contribution in [1.29, 1.82) is 0 Å². The first-order valence-electron chi connectivity index (χ1n) is 9.39. The number of hydrogen-bond donors (Lipinski definition) is 1. The highest BCUT2D eigenvalue weighted by Gasteiger charge is 2.14. The van der Waals surface area contributed by atoms with Gasteiger partial charge in [-0.05, 0) is 42.4 Å².